The van der Waals surface area contributed by atoms with Crippen molar-refractivity contribution in [3.63, 3.8) is 0 Å². The van der Waals surface area contributed by atoms with E-state index in [-0.39, 0.29) is 30.0 Å². The second-order valence-corrected chi connectivity index (χ2v) is 8.27. The van der Waals surface area contributed by atoms with E-state index in [1.54, 1.807) is 32.0 Å². The minimum absolute atomic E-state index is 0.171. The number of carbonyl (C=O) groups is 1. The summed E-state index contributed by atoms with van der Waals surface area (Å²) < 4.78 is 40.2. The minimum Gasteiger partial charge on any atom is -0.479 e. The number of hydrogen-bond donors (Lipinski definition) is 2. The number of halogens is 1. The van der Waals surface area contributed by atoms with Gasteiger partial charge in [0.2, 0.25) is 0 Å². The predicted octanol–water partition coefficient (Wildman–Crippen LogP) is 2.72. The van der Waals surface area contributed by atoms with Gasteiger partial charge in [0.1, 0.15) is 17.8 Å². The number of nitrogens with one attached hydrogen (secondary N) is 1. The van der Waals surface area contributed by atoms with E-state index in [0.29, 0.717) is 22.5 Å². The molecule has 4 aromatic rings. The van der Waals surface area contributed by atoms with Crippen LogP contribution in [0.4, 0.5) is 16.0 Å². The summed E-state index contributed by atoms with van der Waals surface area (Å²) in [6.45, 7) is 0.877. The van der Waals surface area contributed by atoms with Gasteiger partial charge in [0.15, 0.2) is 11.2 Å². The number of nitrogens with zero attached hydrogens (tertiary/aromatic N) is 6. The van der Waals surface area contributed by atoms with Crippen LogP contribution in [0.15, 0.2) is 35.4 Å². The van der Waals surface area contributed by atoms with Crippen molar-refractivity contribution in [1.29, 1.82) is 0 Å². The fraction of sp³-hybridized carbons (Fsp3) is 0.381. The zero-order valence-electron chi connectivity index (χ0n) is 20.3. The molecule has 0 spiro atoms. The van der Waals surface area contributed by atoms with Crippen molar-refractivity contribution in [3.05, 3.63) is 41.1 Å². The summed E-state index contributed by atoms with van der Waals surface area (Å²) in [4.78, 5) is 33.5. The highest BCUT2D eigenvalue weighted by molar-refractivity contribution is 5.84. The van der Waals surface area contributed by atoms with Crippen molar-refractivity contribution in [1.82, 2.24) is 28.9 Å². The van der Waals surface area contributed by atoms with Gasteiger partial charge >= 0.3 is 11.7 Å². The highest BCUT2D eigenvalue weighted by atomic mass is 19.1. The number of carboxylic acids is 1. The lowest BCUT2D eigenvalue weighted by Crippen LogP contribution is -2.54. The molecule has 0 unspecified atom stereocenters. The van der Waals surface area contributed by atoms with Crippen molar-refractivity contribution >= 4 is 39.7 Å². The summed E-state index contributed by atoms with van der Waals surface area (Å²) in [5.41, 5.74) is -1.32. The van der Waals surface area contributed by atoms with Gasteiger partial charge in [0.25, 0.3) is 0 Å². The van der Waals surface area contributed by atoms with Crippen LogP contribution in [0, 0.1) is 0 Å². The van der Waals surface area contributed by atoms with Gasteiger partial charge in [-0.25, -0.2) is 28.6 Å². The molecule has 1 aliphatic carbocycles. The van der Waals surface area contributed by atoms with Crippen molar-refractivity contribution < 1.29 is 18.4 Å². The smallest absolute Gasteiger partial charge is 0.331 e. The van der Waals surface area contributed by atoms with E-state index < -0.39 is 30.3 Å². The topological polar surface area (TPSA) is 120 Å². The largest absolute Gasteiger partial charge is 0.479 e. The van der Waals surface area contributed by atoms with E-state index in [9.17, 15) is 19.1 Å². The van der Waals surface area contributed by atoms with Gasteiger partial charge in [-0.05, 0) is 26.0 Å². The number of aromatic nitrogens is 6. The van der Waals surface area contributed by atoms with Crippen molar-refractivity contribution in [2.45, 2.75) is 44.4 Å². The maximum absolute atomic E-state index is 13.6. The first-order chi connectivity index (χ1) is 16.4. The number of rotatable bonds is 5. The average molecular weight is 442 g/mol. The maximum atomic E-state index is 13.6. The molecule has 166 valence electrons. The standard InChI is InChI=1S/C21H22FN7O3/c1-11(2)28-14-6-17(23-10-15(14)27(3)20(28)32)25-16-5-4-12-9-24-29(18(12)26-16)21(19(30)31)7-13(22)8-21/h4-6,9-11,13H,7-8H2,1-3H3,(H,30,31)(H,23,25,26)/i3D3. The number of alkyl halides is 1. The van der Waals surface area contributed by atoms with E-state index in [1.165, 1.54) is 21.6 Å². The van der Waals surface area contributed by atoms with Crippen molar-refractivity contribution in [2.24, 2.45) is 6.98 Å². The van der Waals surface area contributed by atoms with Gasteiger partial charge < -0.3 is 10.4 Å². The molecule has 0 aromatic carbocycles. The number of pyridine rings is 2. The molecule has 5 rings (SSSR count). The summed E-state index contributed by atoms with van der Waals surface area (Å²) in [6.07, 6.45) is 1.19. The van der Waals surface area contributed by atoms with Crippen LogP contribution in [0.25, 0.3) is 22.1 Å². The third-order valence-electron chi connectivity index (χ3n) is 5.87. The zero-order chi connectivity index (χ0) is 25.3. The fourth-order valence-electron chi connectivity index (χ4n) is 4.21. The number of carboxylic acid groups (broad SMARTS) is 1. The Balaban J connectivity index is 1.57. The normalized spacial score (nSPS) is 22.5. The lowest BCUT2D eigenvalue weighted by molar-refractivity contribution is -0.157. The minimum atomic E-state index is -2.67. The number of aliphatic carboxylic acids is 1. The van der Waals surface area contributed by atoms with Gasteiger partial charge in [-0.3, -0.25) is 9.13 Å². The second-order valence-electron chi connectivity index (χ2n) is 8.27. The third-order valence-corrected chi connectivity index (χ3v) is 5.87. The summed E-state index contributed by atoms with van der Waals surface area (Å²) in [5, 5.41) is 17.5. The van der Waals surface area contributed by atoms with Crippen LogP contribution in [0.3, 0.4) is 0 Å². The Morgan fingerprint density at radius 1 is 1.31 bits per heavy atom. The molecule has 0 radical (unpaired) electrons. The quantitative estimate of drug-likeness (QED) is 0.488. The lowest BCUT2D eigenvalue weighted by atomic mass is 9.75. The Labute approximate surface area is 185 Å². The van der Waals surface area contributed by atoms with Gasteiger partial charge in [-0.15, -0.1) is 0 Å². The zero-order valence-corrected chi connectivity index (χ0v) is 17.3. The van der Waals surface area contributed by atoms with Gasteiger partial charge in [-0.1, -0.05) is 0 Å². The first-order valence-electron chi connectivity index (χ1n) is 11.6. The van der Waals surface area contributed by atoms with Crippen LogP contribution in [0.2, 0.25) is 0 Å². The molecule has 32 heavy (non-hydrogen) atoms. The molecule has 2 N–H and O–H groups in total. The Kier molecular flexibility index (Phi) is 3.62. The molecule has 0 bridgehead atoms. The van der Waals surface area contributed by atoms with E-state index in [0.717, 1.165) is 4.57 Å². The fourth-order valence-corrected chi connectivity index (χ4v) is 4.21. The molecule has 1 fully saturated rings. The van der Waals surface area contributed by atoms with Crippen LogP contribution >= 0.6 is 0 Å². The Morgan fingerprint density at radius 2 is 2.09 bits per heavy atom. The SMILES string of the molecule is [2H]C([2H])([2H])n1c(=O)n(C(C)C)c2cc(Nc3ccc4cnn(C5(C(=O)O)CC(F)C5)c4n3)ncc21. The first kappa shape index (κ1) is 16.9. The average Bonchev–Trinajstić information content (AvgIpc) is 3.28. The predicted molar refractivity (Wildman–Crippen MR) is 116 cm³/mol. The Morgan fingerprint density at radius 3 is 2.75 bits per heavy atom. The molecule has 1 saturated carbocycles. The molecule has 0 saturated heterocycles. The molecular weight excluding hydrogens is 417 g/mol. The highest BCUT2D eigenvalue weighted by Crippen LogP contribution is 2.42. The summed E-state index contributed by atoms with van der Waals surface area (Å²) >= 11 is 0. The molecule has 4 aromatic heterocycles. The maximum Gasteiger partial charge on any atom is 0.331 e. The van der Waals surface area contributed by atoms with Crippen LogP contribution in [-0.2, 0) is 17.3 Å². The number of aryl methyl sites for hydroxylation is 1. The number of fused-ring (bicyclic) bond motifs is 2. The Bertz CT molecular complexity index is 1530. The number of anilines is 2. The van der Waals surface area contributed by atoms with E-state index in [2.05, 4.69) is 20.4 Å². The Hall–Kier alpha value is -3.76. The summed E-state index contributed by atoms with van der Waals surface area (Å²) in [5.74, 6) is -0.557. The van der Waals surface area contributed by atoms with Gasteiger partial charge in [0.05, 0.1) is 23.4 Å². The van der Waals surface area contributed by atoms with Crippen LogP contribution in [0.5, 0.6) is 0 Å². The lowest BCUT2D eigenvalue weighted by Gasteiger charge is -2.40. The first-order valence-corrected chi connectivity index (χ1v) is 10.1. The van der Waals surface area contributed by atoms with Crippen LogP contribution in [0.1, 0.15) is 36.8 Å². The highest BCUT2D eigenvalue weighted by Gasteiger charge is 2.54. The van der Waals surface area contributed by atoms with E-state index in [4.69, 9.17) is 4.11 Å². The second kappa shape index (κ2) is 6.87. The molecule has 1 aliphatic rings. The molecule has 0 amide bonds. The molecular formula is C21H22FN7O3. The summed E-state index contributed by atoms with van der Waals surface area (Å²) in [7, 11) is 0. The van der Waals surface area contributed by atoms with Crippen LogP contribution in [-0.4, -0.2) is 46.1 Å². The van der Waals surface area contributed by atoms with Gasteiger partial charge in [0, 0.05) is 41.4 Å². The number of hydrogen-bond acceptors (Lipinski definition) is 6. The van der Waals surface area contributed by atoms with E-state index >= 15 is 0 Å². The molecule has 11 heteroatoms. The monoisotopic (exact) mass is 442 g/mol. The van der Waals surface area contributed by atoms with Crippen LogP contribution < -0.4 is 11.0 Å². The number of imidazole rings is 1. The third kappa shape index (κ3) is 2.80. The van der Waals surface area contributed by atoms with Crippen molar-refractivity contribution in [2.75, 3.05) is 5.32 Å². The molecule has 0 atom stereocenters. The molecule has 4 heterocycles. The molecule has 10 nitrogen and oxygen atoms in total. The van der Waals surface area contributed by atoms with Gasteiger partial charge in [-0.2, -0.15) is 5.10 Å². The van der Waals surface area contributed by atoms with E-state index in [1.807, 2.05) is 0 Å². The van der Waals surface area contributed by atoms with Crippen molar-refractivity contribution in [3.8, 4) is 0 Å². The summed E-state index contributed by atoms with van der Waals surface area (Å²) in [6, 6.07) is 4.60. The molecule has 0 aliphatic heterocycles.